The van der Waals surface area contributed by atoms with Crippen LogP contribution in [0.5, 0.6) is 11.5 Å². The lowest BCUT2D eigenvalue weighted by atomic mass is 10.0. The highest BCUT2D eigenvalue weighted by molar-refractivity contribution is 6.01. The topological polar surface area (TPSA) is 88.0 Å². The number of non-ortho nitro benzene ring substituents is 1. The minimum absolute atomic E-state index is 0.0636. The van der Waals surface area contributed by atoms with E-state index in [-0.39, 0.29) is 12.3 Å². The Kier molecular flexibility index (Phi) is 6.36. The fraction of sp³-hybridized carbons (Fsp3) is 0.217. The first kappa shape index (κ1) is 21.6. The van der Waals surface area contributed by atoms with Crippen LogP contribution in [0, 0.1) is 16.7 Å². The Balaban J connectivity index is 2.01. The van der Waals surface area contributed by atoms with E-state index in [9.17, 15) is 14.9 Å². The summed E-state index contributed by atoms with van der Waals surface area (Å²) >= 11 is 0. The number of nitro benzene ring substituents is 1. The Morgan fingerprint density at radius 3 is 2.45 bits per heavy atom. The van der Waals surface area contributed by atoms with Crippen molar-refractivity contribution in [2.75, 3.05) is 6.61 Å². The van der Waals surface area contributed by atoms with Gasteiger partial charge in [0.15, 0.2) is 0 Å². The number of carbonyl (C=O) groups is 1. The molecular weight excluding hydrogens is 398 g/mol. The number of ether oxygens (including phenoxy) is 2. The van der Waals surface area contributed by atoms with Gasteiger partial charge in [-0.15, -0.1) is 0 Å². The van der Waals surface area contributed by atoms with E-state index in [0.717, 1.165) is 5.69 Å². The number of esters is 1. The van der Waals surface area contributed by atoms with Crippen LogP contribution in [0.25, 0.3) is 16.0 Å². The maximum absolute atomic E-state index is 12.6. The second kappa shape index (κ2) is 9.13. The molecule has 0 atom stereocenters. The van der Waals surface area contributed by atoms with Crippen LogP contribution in [0.3, 0.4) is 0 Å². The van der Waals surface area contributed by atoms with Crippen molar-refractivity contribution >= 4 is 17.3 Å². The van der Waals surface area contributed by atoms with Gasteiger partial charge in [0.25, 0.3) is 5.69 Å². The molecule has 31 heavy (non-hydrogen) atoms. The predicted molar refractivity (Wildman–Crippen MR) is 116 cm³/mol. The molecule has 0 saturated carbocycles. The first-order valence-electron chi connectivity index (χ1n) is 9.70. The van der Waals surface area contributed by atoms with Gasteiger partial charge in [-0.3, -0.25) is 10.1 Å². The summed E-state index contributed by atoms with van der Waals surface area (Å²) in [6.07, 6.45) is 0.592. The lowest BCUT2D eigenvalue weighted by molar-refractivity contribution is -0.384. The summed E-state index contributed by atoms with van der Waals surface area (Å²) in [5, 5.41) is 10.9. The molecule has 8 nitrogen and oxygen atoms in total. The lowest BCUT2D eigenvalue weighted by Gasteiger charge is -2.10. The van der Waals surface area contributed by atoms with Crippen LogP contribution < -0.4 is 4.74 Å². The van der Waals surface area contributed by atoms with Crippen molar-refractivity contribution in [3.8, 4) is 22.6 Å². The van der Waals surface area contributed by atoms with E-state index >= 15 is 0 Å². The number of carbonyl (C=O) groups excluding carboxylic acids is 1. The molecule has 1 heterocycles. The molecule has 0 spiro atoms. The monoisotopic (exact) mass is 419 g/mol. The van der Waals surface area contributed by atoms with E-state index in [1.807, 2.05) is 6.92 Å². The molecule has 0 aliphatic heterocycles. The third-order valence-electron chi connectivity index (χ3n) is 4.81. The summed E-state index contributed by atoms with van der Waals surface area (Å²) in [5.41, 5.74) is 2.64. The number of hydrogen-bond acceptors (Lipinski definition) is 5. The van der Waals surface area contributed by atoms with Gasteiger partial charge in [0.1, 0.15) is 17.2 Å². The highest BCUT2D eigenvalue weighted by atomic mass is 16.6. The highest BCUT2D eigenvalue weighted by Gasteiger charge is 2.26. The minimum atomic E-state index is -0.487. The zero-order chi connectivity index (χ0) is 22.5. The molecule has 3 aromatic rings. The van der Waals surface area contributed by atoms with Gasteiger partial charge in [0.05, 0.1) is 24.2 Å². The predicted octanol–water partition coefficient (Wildman–Crippen LogP) is 5.68. The molecule has 0 unspecified atom stereocenters. The Bertz CT molecular complexity index is 1170. The summed E-state index contributed by atoms with van der Waals surface area (Å²) in [6, 6.07) is 12.8. The van der Waals surface area contributed by atoms with Crippen LogP contribution in [0.2, 0.25) is 0 Å². The highest BCUT2D eigenvalue weighted by Crippen LogP contribution is 2.40. The maximum Gasteiger partial charge on any atom is 0.354 e. The normalized spacial score (nSPS) is 10.4. The van der Waals surface area contributed by atoms with Crippen molar-refractivity contribution < 1.29 is 19.2 Å². The molecule has 1 aromatic heterocycles. The third-order valence-corrected chi connectivity index (χ3v) is 4.81. The van der Waals surface area contributed by atoms with Crippen LogP contribution in [-0.4, -0.2) is 22.1 Å². The molecule has 0 aliphatic rings. The molecule has 8 heteroatoms. The molecule has 3 rings (SSSR count). The van der Waals surface area contributed by atoms with Gasteiger partial charge in [-0.1, -0.05) is 25.1 Å². The van der Waals surface area contributed by atoms with Crippen LogP contribution >= 0.6 is 0 Å². The van der Waals surface area contributed by atoms with Crippen LogP contribution in [0.15, 0.2) is 48.5 Å². The van der Waals surface area contributed by atoms with Crippen LogP contribution in [0.1, 0.15) is 30.0 Å². The first-order chi connectivity index (χ1) is 14.9. The van der Waals surface area contributed by atoms with E-state index in [0.29, 0.717) is 40.4 Å². The number of aromatic nitrogens is 1. The molecule has 0 fully saturated rings. The van der Waals surface area contributed by atoms with Gasteiger partial charge in [-0.25, -0.2) is 9.64 Å². The van der Waals surface area contributed by atoms with E-state index in [4.69, 9.17) is 16.0 Å². The summed E-state index contributed by atoms with van der Waals surface area (Å²) < 4.78 is 12.7. The zero-order valence-corrected chi connectivity index (χ0v) is 17.4. The molecule has 0 bridgehead atoms. The number of hydrogen-bond donors (Lipinski definition) is 0. The van der Waals surface area contributed by atoms with E-state index < -0.39 is 10.9 Å². The third kappa shape index (κ3) is 4.26. The van der Waals surface area contributed by atoms with Crippen molar-refractivity contribution in [3.63, 3.8) is 0 Å². The maximum atomic E-state index is 12.6. The largest absolute Gasteiger partial charge is 0.461 e. The van der Waals surface area contributed by atoms with E-state index in [1.54, 1.807) is 54.9 Å². The molecule has 0 radical (unpaired) electrons. The van der Waals surface area contributed by atoms with Gasteiger partial charge in [0.2, 0.25) is 5.69 Å². The Morgan fingerprint density at radius 1 is 1.16 bits per heavy atom. The number of rotatable bonds is 7. The first-order valence-corrected chi connectivity index (χ1v) is 9.70. The van der Waals surface area contributed by atoms with Gasteiger partial charge in [-0.05, 0) is 37.1 Å². The Morgan fingerprint density at radius 2 is 1.87 bits per heavy atom. The summed E-state index contributed by atoms with van der Waals surface area (Å²) in [4.78, 5) is 26.8. The second-order valence-electron chi connectivity index (χ2n) is 6.64. The van der Waals surface area contributed by atoms with Gasteiger partial charge < -0.3 is 14.0 Å². The standard InChI is InChI=1S/C23H21N3O5/c1-5-19-21(24-3)20(22(25(19)4)23(27)30-6-2)15-10-12-17(13-11-15)31-18-9-7-8-16(14-18)26(28)29/h7-14H,5-6H2,1-2,4H3. The smallest absolute Gasteiger partial charge is 0.354 e. The second-order valence-corrected chi connectivity index (χ2v) is 6.64. The molecule has 2 aromatic carbocycles. The number of benzene rings is 2. The van der Waals surface area contributed by atoms with Crippen molar-refractivity contribution in [2.24, 2.45) is 7.05 Å². The average Bonchev–Trinajstić information content (AvgIpc) is 3.06. The average molecular weight is 419 g/mol. The van der Waals surface area contributed by atoms with Gasteiger partial charge in [-0.2, -0.15) is 0 Å². The Labute approximate surface area is 179 Å². The summed E-state index contributed by atoms with van der Waals surface area (Å²) in [7, 11) is 1.75. The summed E-state index contributed by atoms with van der Waals surface area (Å²) in [6.45, 7) is 11.5. The summed E-state index contributed by atoms with van der Waals surface area (Å²) in [5.74, 6) is 0.323. The number of nitro groups is 1. The van der Waals surface area contributed by atoms with E-state index in [2.05, 4.69) is 4.85 Å². The van der Waals surface area contributed by atoms with Crippen molar-refractivity contribution in [2.45, 2.75) is 20.3 Å². The lowest BCUT2D eigenvalue weighted by Crippen LogP contribution is -2.12. The van der Waals surface area contributed by atoms with Crippen molar-refractivity contribution in [3.05, 3.63) is 81.5 Å². The molecule has 0 amide bonds. The molecule has 0 saturated heterocycles. The zero-order valence-electron chi connectivity index (χ0n) is 17.4. The fourth-order valence-electron chi connectivity index (χ4n) is 3.44. The number of nitrogens with zero attached hydrogens (tertiary/aromatic N) is 3. The molecule has 158 valence electrons. The van der Waals surface area contributed by atoms with Crippen molar-refractivity contribution in [1.82, 2.24) is 4.57 Å². The molecular formula is C23H21N3O5. The SMILES string of the molecule is [C-]#[N+]c1c(-c2ccc(Oc3cccc([N+](=O)[O-])c3)cc2)c(C(=O)OCC)n(C)c1CC. The van der Waals surface area contributed by atoms with Crippen molar-refractivity contribution in [1.29, 1.82) is 0 Å². The molecule has 0 N–H and O–H groups in total. The quantitative estimate of drug-likeness (QED) is 0.213. The Hall–Kier alpha value is -4.12. The van der Waals surface area contributed by atoms with Gasteiger partial charge in [0, 0.05) is 24.4 Å². The molecule has 0 aliphatic carbocycles. The van der Waals surface area contributed by atoms with E-state index in [1.165, 1.54) is 12.1 Å². The van der Waals surface area contributed by atoms with Gasteiger partial charge >= 0.3 is 5.97 Å². The fourth-order valence-corrected chi connectivity index (χ4v) is 3.44. The van der Waals surface area contributed by atoms with Crippen LogP contribution in [0.4, 0.5) is 11.4 Å². The van der Waals surface area contributed by atoms with Crippen LogP contribution in [-0.2, 0) is 18.2 Å². The minimum Gasteiger partial charge on any atom is -0.461 e.